The van der Waals surface area contributed by atoms with Crippen LogP contribution in [0.1, 0.15) is 39.0 Å². The number of primary amides is 1. The van der Waals surface area contributed by atoms with Crippen LogP contribution in [0, 0.1) is 20.8 Å². The maximum absolute atomic E-state index is 12.8. The lowest BCUT2D eigenvalue weighted by Crippen LogP contribution is -2.37. The number of rotatable bonds is 4. The Morgan fingerprint density at radius 1 is 1.16 bits per heavy atom. The van der Waals surface area contributed by atoms with Gasteiger partial charge < -0.3 is 11.1 Å². The quantitative estimate of drug-likeness (QED) is 0.755. The number of nitrogens with one attached hydrogen (secondary N) is 1. The molecule has 0 aliphatic heterocycles. The molecule has 2 amide bonds. The Balaban J connectivity index is 2.02. The summed E-state index contributed by atoms with van der Waals surface area (Å²) in [6.07, 6.45) is 0. The van der Waals surface area contributed by atoms with E-state index in [4.69, 9.17) is 5.73 Å². The van der Waals surface area contributed by atoms with Gasteiger partial charge in [0.15, 0.2) is 5.65 Å². The highest BCUT2D eigenvalue weighted by molar-refractivity contribution is 6.03. The smallest absolute Gasteiger partial charge is 0.257 e. The van der Waals surface area contributed by atoms with Gasteiger partial charge in [-0.15, -0.1) is 0 Å². The summed E-state index contributed by atoms with van der Waals surface area (Å²) in [6.45, 7) is 5.49. The number of fused-ring (bicyclic) bond motifs is 1. The number of nitrogens with zero attached hydrogens (tertiary/aromatic N) is 3. The normalized spacial score (nSPS) is 12.1. The summed E-state index contributed by atoms with van der Waals surface area (Å²) < 4.78 is 1.62. The molecule has 0 saturated carbocycles. The van der Waals surface area contributed by atoms with E-state index in [2.05, 4.69) is 15.4 Å². The van der Waals surface area contributed by atoms with Crippen LogP contribution in [-0.2, 0) is 4.79 Å². The van der Waals surface area contributed by atoms with Gasteiger partial charge in [-0.3, -0.25) is 9.59 Å². The van der Waals surface area contributed by atoms with Crippen molar-refractivity contribution in [2.24, 2.45) is 5.73 Å². The Morgan fingerprint density at radius 2 is 1.84 bits per heavy atom. The van der Waals surface area contributed by atoms with Gasteiger partial charge in [-0.05, 0) is 32.4 Å². The van der Waals surface area contributed by atoms with Crippen molar-refractivity contribution in [3.8, 4) is 0 Å². The number of nitrogens with two attached hydrogens (primary N) is 1. The first-order valence-electron chi connectivity index (χ1n) is 7.87. The standard InChI is InChI=1S/C18H19N5O2/c1-10-9-11(2)23-17(20-10)14(12(3)22-23)18(25)21-15(16(19)24)13-7-5-4-6-8-13/h4-9,15H,1-3H3,(H2,19,24)(H,21,25). The number of carbonyl (C=O) groups is 2. The van der Waals surface area contributed by atoms with Crippen molar-refractivity contribution in [3.63, 3.8) is 0 Å². The molecule has 0 aliphatic rings. The number of aromatic nitrogens is 3. The van der Waals surface area contributed by atoms with Gasteiger partial charge >= 0.3 is 0 Å². The van der Waals surface area contributed by atoms with Crippen molar-refractivity contribution in [2.75, 3.05) is 0 Å². The van der Waals surface area contributed by atoms with Crippen molar-refractivity contribution in [2.45, 2.75) is 26.8 Å². The molecule has 7 nitrogen and oxygen atoms in total. The number of benzene rings is 1. The van der Waals surface area contributed by atoms with E-state index in [0.29, 0.717) is 22.5 Å². The van der Waals surface area contributed by atoms with Crippen molar-refractivity contribution in [3.05, 3.63) is 64.6 Å². The molecule has 2 heterocycles. The molecule has 1 aromatic carbocycles. The predicted molar refractivity (Wildman–Crippen MR) is 93.0 cm³/mol. The Kier molecular flexibility index (Phi) is 4.22. The van der Waals surface area contributed by atoms with Crippen LogP contribution in [0.5, 0.6) is 0 Å². The molecule has 128 valence electrons. The van der Waals surface area contributed by atoms with Crippen LogP contribution in [-0.4, -0.2) is 26.4 Å². The van der Waals surface area contributed by atoms with Gasteiger partial charge in [-0.1, -0.05) is 30.3 Å². The van der Waals surface area contributed by atoms with Crippen LogP contribution >= 0.6 is 0 Å². The van der Waals surface area contributed by atoms with E-state index >= 15 is 0 Å². The number of hydrogen-bond donors (Lipinski definition) is 2. The predicted octanol–water partition coefficient (Wildman–Crippen LogP) is 1.61. The maximum Gasteiger partial charge on any atom is 0.257 e. The fourth-order valence-electron chi connectivity index (χ4n) is 2.86. The average Bonchev–Trinajstić information content (AvgIpc) is 2.89. The second-order valence-electron chi connectivity index (χ2n) is 5.95. The van der Waals surface area contributed by atoms with E-state index in [1.807, 2.05) is 26.0 Å². The molecule has 25 heavy (non-hydrogen) atoms. The summed E-state index contributed by atoms with van der Waals surface area (Å²) in [4.78, 5) is 29.1. The summed E-state index contributed by atoms with van der Waals surface area (Å²) in [6, 6.07) is 9.84. The van der Waals surface area contributed by atoms with E-state index in [-0.39, 0.29) is 0 Å². The first kappa shape index (κ1) is 16.6. The highest BCUT2D eigenvalue weighted by atomic mass is 16.2. The van der Waals surface area contributed by atoms with Gasteiger partial charge in [0.1, 0.15) is 11.6 Å². The molecule has 3 rings (SSSR count). The first-order chi connectivity index (χ1) is 11.9. The summed E-state index contributed by atoms with van der Waals surface area (Å²) in [7, 11) is 0. The fraction of sp³-hybridized carbons (Fsp3) is 0.222. The van der Waals surface area contributed by atoms with Crippen LogP contribution in [0.4, 0.5) is 0 Å². The van der Waals surface area contributed by atoms with Crippen molar-refractivity contribution >= 4 is 17.5 Å². The van der Waals surface area contributed by atoms with Gasteiger partial charge in [0.05, 0.1) is 5.69 Å². The number of amides is 2. The summed E-state index contributed by atoms with van der Waals surface area (Å²) in [5, 5.41) is 7.08. The van der Waals surface area contributed by atoms with Crippen LogP contribution < -0.4 is 11.1 Å². The van der Waals surface area contributed by atoms with Crippen molar-refractivity contribution in [1.29, 1.82) is 0 Å². The summed E-state index contributed by atoms with van der Waals surface area (Å²) in [5.74, 6) is -1.06. The van der Waals surface area contributed by atoms with Gasteiger partial charge in [0, 0.05) is 11.4 Å². The third-order valence-electron chi connectivity index (χ3n) is 3.99. The van der Waals surface area contributed by atoms with Crippen LogP contribution in [0.3, 0.4) is 0 Å². The monoisotopic (exact) mass is 337 g/mol. The second kappa shape index (κ2) is 6.35. The average molecular weight is 337 g/mol. The first-order valence-corrected chi connectivity index (χ1v) is 7.87. The van der Waals surface area contributed by atoms with E-state index in [0.717, 1.165) is 11.4 Å². The molecule has 1 unspecified atom stereocenters. The highest BCUT2D eigenvalue weighted by Crippen LogP contribution is 2.18. The van der Waals surface area contributed by atoms with E-state index in [9.17, 15) is 9.59 Å². The Labute approximate surface area is 144 Å². The number of hydrogen-bond acceptors (Lipinski definition) is 4. The minimum absolute atomic E-state index is 0.342. The van der Waals surface area contributed by atoms with E-state index in [1.165, 1.54) is 0 Å². The summed E-state index contributed by atoms with van der Waals surface area (Å²) >= 11 is 0. The molecule has 0 saturated heterocycles. The molecule has 3 N–H and O–H groups in total. The van der Waals surface area contributed by atoms with Crippen molar-refractivity contribution in [1.82, 2.24) is 19.9 Å². The highest BCUT2D eigenvalue weighted by Gasteiger charge is 2.25. The lowest BCUT2D eigenvalue weighted by molar-refractivity contribution is -0.120. The fourth-order valence-corrected chi connectivity index (χ4v) is 2.86. The zero-order valence-corrected chi connectivity index (χ0v) is 14.3. The zero-order valence-electron chi connectivity index (χ0n) is 14.3. The summed E-state index contributed by atoms with van der Waals surface area (Å²) in [5.41, 5.74) is 9.10. The molecule has 1 atom stereocenters. The molecule has 2 aromatic heterocycles. The minimum Gasteiger partial charge on any atom is -0.368 e. The molecular weight excluding hydrogens is 318 g/mol. The minimum atomic E-state index is -0.922. The van der Waals surface area contributed by atoms with Gasteiger partial charge in [0.2, 0.25) is 5.91 Å². The zero-order chi connectivity index (χ0) is 18.1. The second-order valence-corrected chi connectivity index (χ2v) is 5.95. The Morgan fingerprint density at radius 3 is 2.48 bits per heavy atom. The lowest BCUT2D eigenvalue weighted by atomic mass is 10.1. The van der Waals surface area contributed by atoms with E-state index in [1.54, 1.807) is 35.7 Å². The molecular formula is C18H19N5O2. The lowest BCUT2D eigenvalue weighted by Gasteiger charge is -2.15. The number of aryl methyl sites for hydroxylation is 3. The van der Waals surface area contributed by atoms with Gasteiger partial charge in [-0.25, -0.2) is 9.50 Å². The van der Waals surface area contributed by atoms with Gasteiger partial charge in [0.25, 0.3) is 5.91 Å². The molecule has 0 bridgehead atoms. The van der Waals surface area contributed by atoms with Crippen LogP contribution in [0.2, 0.25) is 0 Å². The SMILES string of the molecule is Cc1cc(C)n2nc(C)c(C(=O)NC(C(N)=O)c3ccccc3)c2n1. The topological polar surface area (TPSA) is 102 Å². The number of carbonyl (C=O) groups excluding carboxylic acids is 2. The Bertz CT molecular complexity index is 963. The molecule has 7 heteroatoms. The van der Waals surface area contributed by atoms with E-state index < -0.39 is 17.9 Å². The van der Waals surface area contributed by atoms with Crippen LogP contribution in [0.15, 0.2) is 36.4 Å². The van der Waals surface area contributed by atoms with Gasteiger partial charge in [-0.2, -0.15) is 5.10 Å². The van der Waals surface area contributed by atoms with Crippen LogP contribution in [0.25, 0.3) is 5.65 Å². The molecule has 0 fully saturated rings. The van der Waals surface area contributed by atoms with Crippen molar-refractivity contribution < 1.29 is 9.59 Å². The maximum atomic E-state index is 12.8. The Hall–Kier alpha value is -3.22. The molecule has 3 aromatic rings. The molecule has 0 radical (unpaired) electrons. The third kappa shape index (κ3) is 3.08. The third-order valence-corrected chi connectivity index (χ3v) is 3.99. The molecule has 0 spiro atoms. The molecule has 0 aliphatic carbocycles. The largest absolute Gasteiger partial charge is 0.368 e.